The summed E-state index contributed by atoms with van der Waals surface area (Å²) >= 11 is 1.59. The molecule has 4 aromatic rings. The van der Waals surface area contributed by atoms with Gasteiger partial charge in [-0.05, 0) is 37.5 Å². The van der Waals surface area contributed by atoms with Gasteiger partial charge in [-0.1, -0.05) is 42.2 Å². The van der Waals surface area contributed by atoms with E-state index in [1.807, 2.05) is 23.6 Å². The van der Waals surface area contributed by atoms with E-state index in [-0.39, 0.29) is 0 Å². The van der Waals surface area contributed by atoms with E-state index in [1.54, 1.807) is 30.7 Å². The van der Waals surface area contributed by atoms with Crippen LogP contribution in [0, 0.1) is 11.8 Å². The van der Waals surface area contributed by atoms with E-state index >= 15 is 0 Å². The van der Waals surface area contributed by atoms with Crippen LogP contribution in [-0.2, 0) is 6.42 Å². The van der Waals surface area contributed by atoms with Crippen LogP contribution in [0.4, 0.5) is 5.82 Å². The highest BCUT2D eigenvalue weighted by molar-refractivity contribution is 7.18. The Bertz CT molecular complexity index is 1190. The highest BCUT2D eigenvalue weighted by Crippen LogP contribution is 2.32. The number of aliphatic hydroxyl groups excluding tert-OH is 1. The average molecular weight is 429 g/mol. The Morgan fingerprint density at radius 1 is 1.10 bits per heavy atom. The van der Waals surface area contributed by atoms with Gasteiger partial charge in [0.25, 0.3) is 0 Å². The molecule has 4 rings (SSSR count). The second kappa shape index (κ2) is 10.2. The molecule has 0 fully saturated rings. The molecule has 0 aliphatic rings. The number of nitrogens with one attached hydrogen (secondary N) is 1. The molecular weight excluding hydrogens is 404 g/mol. The van der Waals surface area contributed by atoms with Crippen LogP contribution < -0.4 is 5.32 Å². The highest BCUT2D eigenvalue weighted by atomic mass is 32.1. The van der Waals surface area contributed by atoms with Crippen LogP contribution in [0.25, 0.3) is 21.6 Å². The lowest BCUT2D eigenvalue weighted by Gasteiger charge is -2.09. The number of hydrogen-bond donors (Lipinski definition) is 2. The van der Waals surface area contributed by atoms with Gasteiger partial charge in [-0.3, -0.25) is 4.98 Å². The van der Waals surface area contributed by atoms with Crippen LogP contribution in [-0.4, -0.2) is 32.7 Å². The van der Waals surface area contributed by atoms with E-state index in [9.17, 15) is 5.11 Å². The van der Waals surface area contributed by atoms with Crippen LogP contribution in [0.5, 0.6) is 0 Å². The first-order valence-corrected chi connectivity index (χ1v) is 11.2. The molecule has 0 amide bonds. The molecule has 0 bridgehead atoms. The van der Waals surface area contributed by atoms with E-state index in [4.69, 9.17) is 9.97 Å². The van der Waals surface area contributed by atoms with Crippen LogP contribution >= 0.6 is 11.3 Å². The van der Waals surface area contributed by atoms with Crippen molar-refractivity contribution >= 4 is 27.4 Å². The monoisotopic (exact) mass is 428 g/mol. The summed E-state index contributed by atoms with van der Waals surface area (Å²) < 4.78 is 0.999. The number of hydrogen-bond acceptors (Lipinski definition) is 6. The number of aryl methyl sites for hydroxylation is 1. The average Bonchev–Trinajstić information content (AvgIpc) is 3.21. The number of rotatable bonds is 7. The minimum atomic E-state index is -0.443. The number of aliphatic hydroxyl groups is 1. The summed E-state index contributed by atoms with van der Waals surface area (Å²) in [5.74, 6) is 7.69. The van der Waals surface area contributed by atoms with Crippen molar-refractivity contribution in [3.63, 3.8) is 0 Å². The zero-order valence-corrected chi connectivity index (χ0v) is 18.2. The maximum Gasteiger partial charge on any atom is 0.162 e. The molecule has 5 nitrogen and oxygen atoms in total. The SMILES string of the molecule is CC(O)CC#Cc1csc2c(NCCCc3ccccc3)nc(-c3ccncc3)nc12. The van der Waals surface area contributed by atoms with Crippen LogP contribution in [0.3, 0.4) is 0 Å². The van der Waals surface area contributed by atoms with Crippen molar-refractivity contribution in [1.29, 1.82) is 0 Å². The minimum Gasteiger partial charge on any atom is -0.392 e. The summed E-state index contributed by atoms with van der Waals surface area (Å²) in [7, 11) is 0. The molecule has 1 unspecified atom stereocenters. The largest absolute Gasteiger partial charge is 0.392 e. The fraction of sp³-hybridized carbons (Fsp3) is 0.240. The summed E-state index contributed by atoms with van der Waals surface area (Å²) in [5.41, 5.74) is 3.96. The lowest BCUT2D eigenvalue weighted by molar-refractivity contribution is 0.201. The molecule has 3 heterocycles. The molecule has 0 saturated heterocycles. The standard InChI is InChI=1S/C25H24N4OS/c1-18(30)7-5-11-21-17-31-23-22(21)28-24(20-12-15-26-16-13-20)29-25(23)27-14-6-10-19-8-3-2-4-9-19/h2-4,8-9,12-13,15-18,30H,6-7,10,14H2,1H3,(H,27,28,29). The Labute approximate surface area is 186 Å². The van der Waals surface area contributed by atoms with E-state index < -0.39 is 6.10 Å². The van der Waals surface area contributed by atoms with Gasteiger partial charge in [-0.15, -0.1) is 11.3 Å². The van der Waals surface area contributed by atoms with Crippen LogP contribution in [0.2, 0.25) is 0 Å². The fourth-order valence-electron chi connectivity index (χ4n) is 3.19. The van der Waals surface area contributed by atoms with Gasteiger partial charge in [0.1, 0.15) is 11.3 Å². The number of nitrogens with zero attached hydrogens (tertiary/aromatic N) is 3. The fourth-order valence-corrected chi connectivity index (χ4v) is 4.10. The summed E-state index contributed by atoms with van der Waals surface area (Å²) in [5, 5.41) is 15.0. The van der Waals surface area contributed by atoms with Gasteiger partial charge in [-0.2, -0.15) is 0 Å². The van der Waals surface area contributed by atoms with Gasteiger partial charge in [0, 0.05) is 36.3 Å². The Kier molecular flexibility index (Phi) is 6.88. The van der Waals surface area contributed by atoms with Crippen molar-refractivity contribution in [3.8, 4) is 23.2 Å². The van der Waals surface area contributed by atoms with E-state index in [0.29, 0.717) is 12.2 Å². The Hall–Kier alpha value is -3.27. The van der Waals surface area contributed by atoms with Crippen LogP contribution in [0.15, 0.2) is 60.2 Å². The minimum absolute atomic E-state index is 0.435. The normalized spacial score (nSPS) is 11.7. The molecular formula is C25H24N4OS. The molecule has 0 aliphatic carbocycles. The third kappa shape index (κ3) is 5.46. The zero-order valence-electron chi connectivity index (χ0n) is 17.4. The number of thiophene rings is 1. The third-order valence-electron chi connectivity index (χ3n) is 4.75. The Balaban J connectivity index is 1.61. The second-order valence-electron chi connectivity index (χ2n) is 7.33. The van der Waals surface area contributed by atoms with Gasteiger partial charge in [-0.25, -0.2) is 9.97 Å². The van der Waals surface area contributed by atoms with Gasteiger partial charge in [0.15, 0.2) is 5.82 Å². The maximum atomic E-state index is 9.49. The van der Waals surface area contributed by atoms with Crippen molar-refractivity contribution in [1.82, 2.24) is 15.0 Å². The quantitative estimate of drug-likeness (QED) is 0.323. The molecule has 31 heavy (non-hydrogen) atoms. The van der Waals surface area contributed by atoms with Gasteiger partial charge >= 0.3 is 0 Å². The number of fused-ring (bicyclic) bond motifs is 1. The van der Waals surface area contributed by atoms with Crippen molar-refractivity contribution in [3.05, 3.63) is 71.4 Å². The molecule has 0 spiro atoms. The molecule has 0 radical (unpaired) electrons. The van der Waals surface area contributed by atoms with Gasteiger partial charge in [0.05, 0.1) is 16.4 Å². The predicted octanol–water partition coefficient (Wildman–Crippen LogP) is 4.92. The number of anilines is 1. The Morgan fingerprint density at radius 2 is 1.90 bits per heavy atom. The summed E-state index contributed by atoms with van der Waals surface area (Å²) in [6.45, 7) is 2.55. The third-order valence-corrected chi connectivity index (χ3v) is 5.73. The van der Waals surface area contributed by atoms with Crippen molar-refractivity contribution in [2.24, 2.45) is 0 Å². The summed E-state index contributed by atoms with van der Waals surface area (Å²) in [6, 6.07) is 14.3. The van der Waals surface area contributed by atoms with E-state index in [2.05, 4.69) is 46.4 Å². The number of pyridine rings is 1. The number of aromatic nitrogens is 3. The smallest absolute Gasteiger partial charge is 0.162 e. The summed E-state index contributed by atoms with van der Waals surface area (Å²) in [6.07, 6.45) is 5.50. The molecule has 6 heteroatoms. The molecule has 3 aromatic heterocycles. The molecule has 0 saturated carbocycles. The lowest BCUT2D eigenvalue weighted by Crippen LogP contribution is -2.06. The molecule has 2 N–H and O–H groups in total. The molecule has 156 valence electrons. The number of benzene rings is 1. The first kappa shape index (κ1) is 21.0. The highest BCUT2D eigenvalue weighted by Gasteiger charge is 2.14. The predicted molar refractivity (Wildman–Crippen MR) is 127 cm³/mol. The van der Waals surface area contributed by atoms with Crippen molar-refractivity contribution < 1.29 is 5.11 Å². The topological polar surface area (TPSA) is 70.9 Å². The van der Waals surface area contributed by atoms with E-state index in [1.165, 1.54) is 5.56 Å². The molecule has 0 aliphatic heterocycles. The van der Waals surface area contributed by atoms with Crippen molar-refractivity contribution in [2.75, 3.05) is 11.9 Å². The van der Waals surface area contributed by atoms with Crippen molar-refractivity contribution in [2.45, 2.75) is 32.3 Å². The van der Waals surface area contributed by atoms with E-state index in [0.717, 1.165) is 46.5 Å². The first-order chi connectivity index (χ1) is 15.2. The van der Waals surface area contributed by atoms with Gasteiger partial charge < -0.3 is 10.4 Å². The summed E-state index contributed by atoms with van der Waals surface area (Å²) in [4.78, 5) is 13.7. The first-order valence-electron chi connectivity index (χ1n) is 10.3. The zero-order chi connectivity index (χ0) is 21.5. The Morgan fingerprint density at radius 3 is 2.68 bits per heavy atom. The van der Waals surface area contributed by atoms with Gasteiger partial charge in [0.2, 0.25) is 0 Å². The maximum absolute atomic E-state index is 9.49. The lowest BCUT2D eigenvalue weighted by atomic mass is 10.1. The second-order valence-corrected chi connectivity index (χ2v) is 8.21. The molecule has 1 atom stereocenters. The molecule has 1 aromatic carbocycles. The van der Waals surface area contributed by atoms with Crippen LogP contribution in [0.1, 0.15) is 30.9 Å².